The minimum atomic E-state index is -1.05. The average molecular weight is 272 g/mol. The van der Waals surface area contributed by atoms with E-state index in [1.54, 1.807) is 13.8 Å². The molecule has 0 radical (unpaired) electrons. The van der Waals surface area contributed by atoms with Crippen LogP contribution in [0.2, 0.25) is 0 Å². The van der Waals surface area contributed by atoms with Crippen molar-refractivity contribution in [3.63, 3.8) is 0 Å². The predicted octanol–water partition coefficient (Wildman–Crippen LogP) is -0.459. The van der Waals surface area contributed by atoms with E-state index < -0.39 is 5.41 Å². The lowest BCUT2D eigenvalue weighted by atomic mass is 9.83. The number of aliphatic hydroxyl groups excluding tert-OH is 2. The molecule has 19 heavy (non-hydrogen) atoms. The third-order valence-corrected chi connectivity index (χ3v) is 3.63. The second-order valence-corrected chi connectivity index (χ2v) is 5.40. The number of carbonyl (C=O) groups is 2. The standard InChI is InChI=1S/C13H24N2O4/c1-9(7-16)14-11(18)13(5-3-4-6-13)12(19)15-10(2)8-17/h9-10,16-17H,3-8H2,1-2H3,(H,14,18)(H,15,19)/t9-,10-/m1/s1. The first kappa shape index (κ1) is 15.9. The molecule has 0 heterocycles. The number of rotatable bonds is 6. The third-order valence-electron chi connectivity index (χ3n) is 3.63. The molecule has 0 aliphatic heterocycles. The minimum absolute atomic E-state index is 0.156. The Morgan fingerprint density at radius 2 is 1.37 bits per heavy atom. The van der Waals surface area contributed by atoms with E-state index in [1.165, 1.54) is 0 Å². The molecule has 1 aliphatic rings. The van der Waals surface area contributed by atoms with Gasteiger partial charge in [-0.1, -0.05) is 12.8 Å². The van der Waals surface area contributed by atoms with E-state index in [-0.39, 0.29) is 37.1 Å². The maximum atomic E-state index is 12.3. The Balaban J connectivity index is 2.79. The van der Waals surface area contributed by atoms with E-state index in [2.05, 4.69) is 10.6 Å². The number of carbonyl (C=O) groups excluding carboxylic acids is 2. The summed E-state index contributed by atoms with van der Waals surface area (Å²) >= 11 is 0. The molecule has 2 amide bonds. The lowest BCUT2D eigenvalue weighted by molar-refractivity contribution is -0.144. The van der Waals surface area contributed by atoms with Crippen LogP contribution in [0.4, 0.5) is 0 Å². The third kappa shape index (κ3) is 3.67. The Morgan fingerprint density at radius 1 is 1.00 bits per heavy atom. The fourth-order valence-corrected chi connectivity index (χ4v) is 2.35. The zero-order valence-electron chi connectivity index (χ0n) is 11.6. The first-order chi connectivity index (χ1) is 8.96. The van der Waals surface area contributed by atoms with Crippen LogP contribution in [0.25, 0.3) is 0 Å². The molecule has 1 saturated carbocycles. The number of aliphatic hydroxyl groups is 2. The van der Waals surface area contributed by atoms with Gasteiger partial charge in [-0.25, -0.2) is 0 Å². The second-order valence-electron chi connectivity index (χ2n) is 5.40. The first-order valence-corrected chi connectivity index (χ1v) is 6.80. The lowest BCUT2D eigenvalue weighted by Gasteiger charge is -2.29. The summed E-state index contributed by atoms with van der Waals surface area (Å²) in [6.07, 6.45) is 2.70. The molecule has 1 aliphatic carbocycles. The van der Waals surface area contributed by atoms with Gasteiger partial charge in [0, 0.05) is 12.1 Å². The monoisotopic (exact) mass is 272 g/mol. The first-order valence-electron chi connectivity index (χ1n) is 6.80. The van der Waals surface area contributed by atoms with Gasteiger partial charge in [0.25, 0.3) is 0 Å². The van der Waals surface area contributed by atoms with Crippen LogP contribution >= 0.6 is 0 Å². The number of hydrogen-bond acceptors (Lipinski definition) is 4. The molecule has 1 fully saturated rings. The highest BCUT2D eigenvalue weighted by molar-refractivity contribution is 6.05. The van der Waals surface area contributed by atoms with Gasteiger partial charge in [-0.3, -0.25) is 9.59 Å². The summed E-state index contributed by atoms with van der Waals surface area (Å²) in [7, 11) is 0. The largest absolute Gasteiger partial charge is 0.394 e. The zero-order chi connectivity index (χ0) is 14.5. The van der Waals surface area contributed by atoms with Crippen molar-refractivity contribution in [2.24, 2.45) is 5.41 Å². The van der Waals surface area contributed by atoms with E-state index in [4.69, 9.17) is 10.2 Å². The second kappa shape index (κ2) is 6.86. The Bertz CT molecular complexity index is 301. The Morgan fingerprint density at radius 3 is 1.68 bits per heavy atom. The van der Waals surface area contributed by atoms with Gasteiger partial charge in [0.05, 0.1) is 13.2 Å². The van der Waals surface area contributed by atoms with Crippen molar-refractivity contribution < 1.29 is 19.8 Å². The van der Waals surface area contributed by atoms with Gasteiger partial charge >= 0.3 is 0 Å². The molecule has 0 spiro atoms. The molecule has 4 N–H and O–H groups in total. The normalized spacial score (nSPS) is 20.6. The van der Waals surface area contributed by atoms with Gasteiger partial charge in [-0.2, -0.15) is 0 Å². The van der Waals surface area contributed by atoms with Crippen LogP contribution in [-0.4, -0.2) is 47.3 Å². The van der Waals surface area contributed by atoms with Gasteiger partial charge < -0.3 is 20.8 Å². The van der Waals surface area contributed by atoms with Crippen LogP contribution in [0.1, 0.15) is 39.5 Å². The Labute approximate surface area is 113 Å². The summed E-state index contributed by atoms with van der Waals surface area (Å²) in [4.78, 5) is 24.6. The van der Waals surface area contributed by atoms with Crippen LogP contribution in [0, 0.1) is 5.41 Å². The number of nitrogens with one attached hydrogen (secondary N) is 2. The van der Waals surface area contributed by atoms with Crippen LogP contribution in [0.15, 0.2) is 0 Å². The van der Waals surface area contributed by atoms with Crippen LogP contribution in [0.5, 0.6) is 0 Å². The molecule has 2 atom stereocenters. The van der Waals surface area contributed by atoms with Crippen molar-refractivity contribution in [2.45, 2.75) is 51.6 Å². The molecule has 110 valence electrons. The van der Waals surface area contributed by atoms with Crippen molar-refractivity contribution in [1.29, 1.82) is 0 Å². The van der Waals surface area contributed by atoms with Crippen LogP contribution in [0.3, 0.4) is 0 Å². The highest BCUT2D eigenvalue weighted by Crippen LogP contribution is 2.38. The number of hydrogen-bond donors (Lipinski definition) is 4. The van der Waals surface area contributed by atoms with Crippen LogP contribution in [-0.2, 0) is 9.59 Å². The Kier molecular flexibility index (Phi) is 5.75. The Hall–Kier alpha value is -1.14. The summed E-state index contributed by atoms with van der Waals surface area (Å²) in [5.74, 6) is -0.650. The SMILES string of the molecule is C[C@H](CO)NC(=O)C1(C(=O)N[C@H](C)CO)CCCC1. The minimum Gasteiger partial charge on any atom is -0.394 e. The van der Waals surface area contributed by atoms with E-state index in [0.29, 0.717) is 12.8 Å². The number of amides is 2. The predicted molar refractivity (Wildman–Crippen MR) is 70.3 cm³/mol. The van der Waals surface area contributed by atoms with Gasteiger partial charge in [0.1, 0.15) is 5.41 Å². The highest BCUT2D eigenvalue weighted by Gasteiger charge is 2.48. The fraction of sp³-hybridized carbons (Fsp3) is 0.846. The van der Waals surface area contributed by atoms with Crippen molar-refractivity contribution >= 4 is 11.8 Å². The van der Waals surface area contributed by atoms with Crippen molar-refractivity contribution in [3.05, 3.63) is 0 Å². The smallest absolute Gasteiger partial charge is 0.235 e. The van der Waals surface area contributed by atoms with Crippen molar-refractivity contribution in [1.82, 2.24) is 10.6 Å². The molecule has 0 aromatic heterocycles. The molecular formula is C13H24N2O4. The maximum absolute atomic E-state index is 12.3. The summed E-state index contributed by atoms with van der Waals surface area (Å²) in [6, 6.07) is -0.735. The topological polar surface area (TPSA) is 98.7 Å². The molecule has 0 aromatic carbocycles. The molecule has 6 heteroatoms. The molecule has 0 bridgehead atoms. The van der Waals surface area contributed by atoms with Gasteiger partial charge in [-0.05, 0) is 26.7 Å². The lowest BCUT2D eigenvalue weighted by Crippen LogP contribution is -2.54. The molecule has 0 aromatic rings. The zero-order valence-corrected chi connectivity index (χ0v) is 11.6. The average Bonchev–Trinajstić information content (AvgIpc) is 2.88. The van der Waals surface area contributed by atoms with E-state index in [1.807, 2.05) is 0 Å². The molecule has 6 nitrogen and oxygen atoms in total. The van der Waals surface area contributed by atoms with Crippen molar-refractivity contribution in [2.75, 3.05) is 13.2 Å². The molecule has 0 unspecified atom stereocenters. The summed E-state index contributed by atoms with van der Waals surface area (Å²) < 4.78 is 0. The highest BCUT2D eigenvalue weighted by atomic mass is 16.3. The van der Waals surface area contributed by atoms with E-state index in [9.17, 15) is 9.59 Å². The van der Waals surface area contributed by atoms with Gasteiger partial charge in [0.2, 0.25) is 11.8 Å². The maximum Gasteiger partial charge on any atom is 0.235 e. The summed E-state index contributed by atoms with van der Waals surface area (Å²) in [5, 5.41) is 23.3. The molecular weight excluding hydrogens is 248 g/mol. The van der Waals surface area contributed by atoms with Gasteiger partial charge in [0.15, 0.2) is 0 Å². The molecule has 1 rings (SSSR count). The summed E-state index contributed by atoms with van der Waals surface area (Å²) in [5.41, 5.74) is -1.05. The quantitative estimate of drug-likeness (QED) is 0.492. The van der Waals surface area contributed by atoms with E-state index in [0.717, 1.165) is 12.8 Å². The van der Waals surface area contributed by atoms with Gasteiger partial charge in [-0.15, -0.1) is 0 Å². The summed E-state index contributed by atoms with van der Waals surface area (Å²) in [6.45, 7) is 3.07. The molecule has 0 saturated heterocycles. The van der Waals surface area contributed by atoms with E-state index >= 15 is 0 Å². The fourth-order valence-electron chi connectivity index (χ4n) is 2.35. The van der Waals surface area contributed by atoms with Crippen molar-refractivity contribution in [3.8, 4) is 0 Å². The van der Waals surface area contributed by atoms with Crippen LogP contribution < -0.4 is 10.6 Å².